The zero-order chi connectivity index (χ0) is 12.7. The van der Waals surface area contributed by atoms with Crippen molar-refractivity contribution >= 4 is 32.9 Å². The van der Waals surface area contributed by atoms with Gasteiger partial charge < -0.3 is 4.98 Å². The van der Waals surface area contributed by atoms with Gasteiger partial charge in [-0.05, 0) is 15.9 Å². The molecule has 2 N–H and O–H groups in total. The molecule has 88 valence electrons. The third-order valence-corrected chi connectivity index (χ3v) is 3.03. The second kappa shape index (κ2) is 3.92. The predicted octanol–water partition coefficient (Wildman–Crippen LogP) is 1.90. The van der Waals surface area contributed by atoms with E-state index >= 15 is 0 Å². The summed E-state index contributed by atoms with van der Waals surface area (Å²) in [4.78, 5) is 26.3. The van der Waals surface area contributed by atoms with E-state index in [9.17, 15) is 18.4 Å². The van der Waals surface area contributed by atoms with Crippen LogP contribution in [0.3, 0.4) is 0 Å². The van der Waals surface area contributed by atoms with Crippen LogP contribution in [0.1, 0.15) is 5.56 Å². The normalized spacial score (nSPS) is 10.8. The van der Waals surface area contributed by atoms with Crippen molar-refractivity contribution in [1.29, 1.82) is 0 Å². The molecule has 4 nitrogen and oxygen atoms in total. The number of hydrogen-bond acceptors (Lipinski definition) is 2. The van der Waals surface area contributed by atoms with Crippen molar-refractivity contribution in [2.24, 2.45) is 0 Å². The molecule has 1 aromatic carbocycles. The molecule has 0 spiro atoms. The minimum Gasteiger partial charge on any atom is -0.304 e. The van der Waals surface area contributed by atoms with Gasteiger partial charge >= 0.3 is 5.69 Å². The molecule has 0 saturated heterocycles. The lowest BCUT2D eigenvalue weighted by Gasteiger charge is -2.06. The number of H-pyrrole nitrogens is 2. The number of fused-ring (bicyclic) bond motifs is 1. The Kier molecular flexibility index (Phi) is 2.70. The lowest BCUT2D eigenvalue weighted by Crippen LogP contribution is -2.23. The highest BCUT2D eigenvalue weighted by Gasteiger charge is 2.19. The van der Waals surface area contributed by atoms with Gasteiger partial charge in [-0.25, -0.2) is 13.6 Å². The van der Waals surface area contributed by atoms with Crippen LogP contribution in [0, 0.1) is 11.6 Å². The summed E-state index contributed by atoms with van der Waals surface area (Å²) in [5.41, 5.74) is -2.55. The Labute approximate surface area is 101 Å². The molecule has 17 heavy (non-hydrogen) atoms. The first-order valence-electron chi connectivity index (χ1n) is 4.42. The Morgan fingerprint density at radius 3 is 2.41 bits per heavy atom. The second-order valence-corrected chi connectivity index (χ2v) is 4.01. The van der Waals surface area contributed by atoms with Crippen molar-refractivity contribution in [3.05, 3.63) is 49.1 Å². The number of hydrogen-bond donors (Lipinski definition) is 2. The van der Waals surface area contributed by atoms with Crippen molar-refractivity contribution in [2.45, 2.75) is 0 Å². The van der Waals surface area contributed by atoms with E-state index < -0.39 is 33.8 Å². The molecular weight excluding hydrogens is 298 g/mol. The summed E-state index contributed by atoms with van der Waals surface area (Å²) in [5.74, 6) is -1.86. The van der Waals surface area contributed by atoms with Crippen molar-refractivity contribution in [3.8, 4) is 0 Å². The van der Waals surface area contributed by atoms with Crippen LogP contribution in [0.25, 0.3) is 17.0 Å². The van der Waals surface area contributed by atoms with Gasteiger partial charge in [-0.1, -0.05) is 12.7 Å². The molecule has 0 aliphatic carbocycles. The summed E-state index contributed by atoms with van der Waals surface area (Å²) in [6.07, 6.45) is 1.08. The fraction of sp³-hybridized carbons (Fsp3) is 0. The van der Waals surface area contributed by atoms with E-state index in [0.29, 0.717) is 0 Å². The number of aromatic amines is 2. The van der Waals surface area contributed by atoms with Crippen LogP contribution in [0.5, 0.6) is 0 Å². The van der Waals surface area contributed by atoms with Gasteiger partial charge in [0.05, 0.1) is 9.99 Å². The maximum Gasteiger partial charge on any atom is 0.326 e. The summed E-state index contributed by atoms with van der Waals surface area (Å²) in [6, 6.07) is 0. The van der Waals surface area contributed by atoms with Crippen LogP contribution in [0.15, 0.2) is 20.6 Å². The van der Waals surface area contributed by atoms with Crippen LogP contribution in [0.4, 0.5) is 8.78 Å². The van der Waals surface area contributed by atoms with Crippen molar-refractivity contribution in [2.75, 3.05) is 0 Å². The van der Waals surface area contributed by atoms with Crippen molar-refractivity contribution < 1.29 is 8.78 Å². The van der Waals surface area contributed by atoms with Gasteiger partial charge in [-0.15, -0.1) is 0 Å². The Morgan fingerprint density at radius 1 is 1.18 bits per heavy atom. The van der Waals surface area contributed by atoms with Gasteiger partial charge in [0.25, 0.3) is 5.56 Å². The molecule has 1 heterocycles. The van der Waals surface area contributed by atoms with Crippen LogP contribution < -0.4 is 11.2 Å². The Morgan fingerprint density at radius 2 is 1.82 bits per heavy atom. The summed E-state index contributed by atoms with van der Waals surface area (Å²) >= 11 is 2.84. The molecule has 1 aromatic heterocycles. The van der Waals surface area contributed by atoms with Crippen molar-refractivity contribution in [3.63, 3.8) is 0 Å². The summed E-state index contributed by atoms with van der Waals surface area (Å²) in [6.45, 7) is 3.33. The SMILES string of the molecule is C=Cc1c(Br)c(F)c2[nH]c(=O)[nH]c(=O)c2c1F. The molecule has 0 atom stereocenters. The highest BCUT2D eigenvalue weighted by molar-refractivity contribution is 9.10. The van der Waals surface area contributed by atoms with E-state index in [-0.39, 0.29) is 10.0 Å². The molecule has 2 aromatic rings. The Bertz CT molecular complexity index is 749. The third-order valence-electron chi connectivity index (χ3n) is 2.25. The fourth-order valence-electron chi connectivity index (χ4n) is 1.50. The number of nitrogens with one attached hydrogen (secondary N) is 2. The van der Waals surface area contributed by atoms with Gasteiger partial charge in [0.2, 0.25) is 0 Å². The average Bonchev–Trinajstić information content (AvgIpc) is 2.25. The summed E-state index contributed by atoms with van der Waals surface area (Å²) < 4.78 is 27.5. The molecule has 2 rings (SSSR count). The third kappa shape index (κ3) is 1.62. The maximum atomic E-state index is 13.9. The fourth-order valence-corrected chi connectivity index (χ4v) is 2.03. The lowest BCUT2D eigenvalue weighted by molar-refractivity contribution is 0.605. The zero-order valence-electron chi connectivity index (χ0n) is 8.23. The van der Waals surface area contributed by atoms with E-state index in [1.807, 2.05) is 9.97 Å². The lowest BCUT2D eigenvalue weighted by atomic mass is 10.1. The van der Waals surface area contributed by atoms with Gasteiger partial charge in [-0.2, -0.15) is 0 Å². The molecule has 0 unspecified atom stereocenters. The highest BCUT2D eigenvalue weighted by atomic mass is 79.9. The minimum atomic E-state index is -0.990. The molecular formula is C10H5BrF2N2O2. The molecule has 0 saturated carbocycles. The van der Waals surface area contributed by atoms with E-state index in [1.54, 1.807) is 0 Å². The van der Waals surface area contributed by atoms with E-state index in [4.69, 9.17) is 0 Å². The number of benzene rings is 1. The first-order chi connectivity index (χ1) is 7.97. The standard InChI is InChI=1S/C10H5BrF2N2O2/c1-2-3-5(11)7(13)8-4(6(3)12)9(16)15-10(17)14-8/h2H,1H2,(H2,14,15,16,17). The molecule has 0 radical (unpaired) electrons. The van der Waals surface area contributed by atoms with Crippen LogP contribution >= 0.6 is 15.9 Å². The Balaban J connectivity index is 3.21. The first-order valence-corrected chi connectivity index (χ1v) is 5.22. The van der Waals surface area contributed by atoms with Gasteiger partial charge in [0, 0.05) is 5.56 Å². The van der Waals surface area contributed by atoms with E-state index in [0.717, 1.165) is 6.08 Å². The van der Waals surface area contributed by atoms with Crippen LogP contribution in [-0.4, -0.2) is 9.97 Å². The first kappa shape index (κ1) is 11.7. The Hall–Kier alpha value is -1.76. The van der Waals surface area contributed by atoms with E-state index in [1.165, 1.54) is 0 Å². The minimum absolute atomic E-state index is 0.174. The predicted molar refractivity (Wildman–Crippen MR) is 62.9 cm³/mol. The topological polar surface area (TPSA) is 65.7 Å². The van der Waals surface area contributed by atoms with Crippen molar-refractivity contribution in [1.82, 2.24) is 9.97 Å². The highest BCUT2D eigenvalue weighted by Crippen LogP contribution is 2.29. The molecule has 0 aliphatic heterocycles. The number of rotatable bonds is 1. The monoisotopic (exact) mass is 302 g/mol. The molecule has 0 bridgehead atoms. The second-order valence-electron chi connectivity index (χ2n) is 3.22. The number of halogens is 3. The van der Waals surface area contributed by atoms with Gasteiger partial charge in [-0.3, -0.25) is 9.78 Å². The average molecular weight is 303 g/mol. The smallest absolute Gasteiger partial charge is 0.304 e. The summed E-state index contributed by atoms with van der Waals surface area (Å²) in [7, 11) is 0. The largest absolute Gasteiger partial charge is 0.326 e. The summed E-state index contributed by atoms with van der Waals surface area (Å²) in [5, 5.41) is -0.541. The molecule has 7 heteroatoms. The molecule has 0 amide bonds. The maximum absolute atomic E-state index is 13.9. The van der Waals surface area contributed by atoms with Crippen LogP contribution in [-0.2, 0) is 0 Å². The zero-order valence-corrected chi connectivity index (χ0v) is 9.82. The van der Waals surface area contributed by atoms with Gasteiger partial charge in [0.1, 0.15) is 11.2 Å². The van der Waals surface area contributed by atoms with E-state index in [2.05, 4.69) is 22.5 Å². The molecule has 0 fully saturated rings. The number of aromatic nitrogens is 2. The quantitative estimate of drug-likeness (QED) is 0.790. The molecule has 0 aliphatic rings. The van der Waals surface area contributed by atoms with Crippen LogP contribution in [0.2, 0.25) is 0 Å². The van der Waals surface area contributed by atoms with Gasteiger partial charge in [0.15, 0.2) is 5.82 Å².